The molecule has 8 rings (SSSR count). The Hall–Kier alpha value is -10.6. The van der Waals surface area contributed by atoms with E-state index >= 15 is 0 Å². The lowest BCUT2D eigenvalue weighted by molar-refractivity contribution is 0.0689. The summed E-state index contributed by atoms with van der Waals surface area (Å²) in [5, 5.41) is 28.8. The first kappa shape index (κ1) is 61.0. The van der Waals surface area contributed by atoms with Crippen molar-refractivity contribution in [2.24, 2.45) is 0 Å². The van der Waals surface area contributed by atoms with Crippen LogP contribution in [0.25, 0.3) is 21.5 Å². The number of aromatic nitrogens is 2. The lowest BCUT2D eigenvalue weighted by atomic mass is 9.86. The number of anilines is 6. The van der Waals surface area contributed by atoms with Crippen LogP contribution < -0.4 is 50.8 Å². The molecule has 7 amide bonds. The van der Waals surface area contributed by atoms with E-state index in [0.29, 0.717) is 67.9 Å². The van der Waals surface area contributed by atoms with Crippen molar-refractivity contribution in [2.75, 3.05) is 74.4 Å². The average Bonchev–Trinajstić information content (AvgIpc) is 2.62. The van der Waals surface area contributed by atoms with E-state index in [2.05, 4.69) is 41.9 Å². The summed E-state index contributed by atoms with van der Waals surface area (Å²) in [5.74, 6) is 0.884. The molecule has 0 fully saturated rings. The van der Waals surface area contributed by atoms with E-state index in [4.69, 9.17) is 28.4 Å². The Morgan fingerprint density at radius 3 is 1.17 bits per heavy atom. The van der Waals surface area contributed by atoms with E-state index < -0.39 is 30.2 Å². The minimum Gasteiger partial charge on any atom is -0.492 e. The molecule has 0 spiro atoms. The summed E-state index contributed by atoms with van der Waals surface area (Å²) in [6.07, 6.45) is 1.53. The zero-order chi connectivity index (χ0) is 61.0. The molecule has 0 atom stereocenters. The van der Waals surface area contributed by atoms with Gasteiger partial charge in [0, 0.05) is 60.2 Å². The second-order valence-electron chi connectivity index (χ2n) is 20.9. The van der Waals surface area contributed by atoms with E-state index in [1.165, 1.54) is 51.8 Å². The van der Waals surface area contributed by atoms with Crippen LogP contribution in [0.2, 0.25) is 0 Å². The van der Waals surface area contributed by atoms with Gasteiger partial charge in [-0.25, -0.2) is 29.0 Å². The average molecular weight is 1140 g/mol. The highest BCUT2D eigenvalue weighted by atomic mass is 16.5. The summed E-state index contributed by atoms with van der Waals surface area (Å²) < 4.78 is 32.7. The van der Waals surface area contributed by atoms with Crippen LogP contribution in [0.15, 0.2) is 134 Å². The minimum atomic E-state index is -1.16. The van der Waals surface area contributed by atoms with Gasteiger partial charge in [-0.2, -0.15) is 0 Å². The second kappa shape index (κ2) is 26.3. The maximum atomic E-state index is 13.3. The van der Waals surface area contributed by atoms with Gasteiger partial charge in [0.1, 0.15) is 28.7 Å². The summed E-state index contributed by atoms with van der Waals surface area (Å²) in [4.78, 5) is 83.6. The van der Waals surface area contributed by atoms with Crippen LogP contribution in [0.1, 0.15) is 73.6 Å². The second-order valence-corrected chi connectivity index (χ2v) is 20.9. The first-order chi connectivity index (χ1) is 39.9. The van der Waals surface area contributed by atoms with Crippen LogP contribution >= 0.6 is 0 Å². The molecule has 22 heteroatoms. The number of urea groups is 2. The van der Waals surface area contributed by atoms with E-state index in [1.54, 1.807) is 80.8 Å². The van der Waals surface area contributed by atoms with Gasteiger partial charge in [-0.1, -0.05) is 90.1 Å². The third kappa shape index (κ3) is 15.0. The summed E-state index contributed by atoms with van der Waals surface area (Å²) in [6.45, 7) is 12.1. The number of nitrogens with one attached hydrogen (secondary N) is 6. The molecule has 0 aliphatic rings. The predicted octanol–water partition coefficient (Wildman–Crippen LogP) is 13.7. The molecule has 0 unspecified atom stereocenters. The third-order valence-electron chi connectivity index (χ3n) is 12.7. The van der Waals surface area contributed by atoms with E-state index in [-0.39, 0.29) is 39.6 Å². The zero-order valence-electron chi connectivity index (χ0n) is 48.4. The molecule has 0 saturated heterocycles. The summed E-state index contributed by atoms with van der Waals surface area (Å²) in [5.41, 5.74) is 3.67. The molecule has 436 valence electrons. The van der Waals surface area contributed by atoms with Crippen LogP contribution in [-0.4, -0.2) is 98.6 Å². The number of hydrogen-bond donors (Lipinski definition) is 7. The van der Waals surface area contributed by atoms with Gasteiger partial charge in [0.05, 0.1) is 62.6 Å². The molecule has 0 radical (unpaired) electrons. The predicted molar refractivity (Wildman–Crippen MR) is 322 cm³/mol. The monoisotopic (exact) mass is 1140 g/mol. The topological polar surface area (TPSA) is 279 Å². The maximum absolute atomic E-state index is 13.3. The zero-order valence-corrected chi connectivity index (χ0v) is 48.4. The van der Waals surface area contributed by atoms with Crippen molar-refractivity contribution in [2.45, 2.75) is 52.4 Å². The number of methoxy groups -OCH3 is 4. The highest BCUT2D eigenvalue weighted by molar-refractivity contribution is 6.10. The fourth-order valence-electron chi connectivity index (χ4n) is 8.41. The molecular formula is C62H65N9O13. The smallest absolute Gasteiger partial charge is 0.411 e. The first-order valence-corrected chi connectivity index (χ1v) is 26.0. The first-order valence-electron chi connectivity index (χ1n) is 26.0. The Kier molecular flexibility index (Phi) is 19.1. The highest BCUT2D eigenvalue weighted by Gasteiger charge is 2.25. The van der Waals surface area contributed by atoms with Crippen molar-refractivity contribution in [3.63, 3.8) is 0 Å². The molecule has 0 aliphatic carbocycles. The molecule has 0 aliphatic heterocycles. The van der Waals surface area contributed by atoms with Crippen LogP contribution in [0, 0.1) is 0 Å². The van der Waals surface area contributed by atoms with Gasteiger partial charge >= 0.3 is 30.2 Å². The largest absolute Gasteiger partial charge is 0.492 e. The number of carbonyl (C=O) groups excluding carboxylic acids is 5. The molecule has 2 heterocycles. The number of fused-ring (bicyclic) bond motifs is 2. The number of pyridine rings is 2. The van der Waals surface area contributed by atoms with Crippen molar-refractivity contribution >= 4 is 91.8 Å². The molecular weight excluding hydrogens is 1080 g/mol. The van der Waals surface area contributed by atoms with Crippen LogP contribution in [-0.2, 0) is 20.3 Å². The van der Waals surface area contributed by atoms with Gasteiger partial charge in [-0.3, -0.25) is 20.4 Å². The minimum absolute atomic E-state index is 0.141. The number of ether oxygens (including phenoxy) is 6. The lowest BCUT2D eigenvalue weighted by Crippen LogP contribution is -2.22. The summed E-state index contributed by atoms with van der Waals surface area (Å²) in [6, 6.07) is 33.8. The standard InChI is InChI=1S/C32H35N5O6.C30H30N4O7/c1-32(2,3)19-16-24(28(41-6)25(17-19)36-31(40)42-7)35-30(39)34-23-12-13-27(22-11-9-8-10-21(22)23)43-20-14-15-33-26(18-20)29(38)37(4)5;1-30(2,3)17-14-22(26(39-4)23(15-17)34-29(38)40-5)33-28(37)32-21-10-11-25(20-9-7-6-8-19(20)21)41-18-12-13-31-24(16-18)27(35)36/h8-18H,1-7H3,(H,36,40)(H2,34,35,39);6-16H,1-5H3,(H,34,38)(H,35,36)(H2,32,33,37). The molecule has 8 aromatic rings. The number of hydrogen-bond acceptors (Lipinski definition) is 14. The third-order valence-corrected chi connectivity index (χ3v) is 12.7. The number of aromatic carboxylic acids is 1. The van der Waals surface area contributed by atoms with Crippen molar-refractivity contribution < 1.29 is 62.3 Å². The van der Waals surface area contributed by atoms with Crippen molar-refractivity contribution in [1.82, 2.24) is 14.9 Å². The number of amides is 7. The normalized spacial score (nSPS) is 11.0. The lowest BCUT2D eigenvalue weighted by Gasteiger charge is -2.24. The SMILES string of the molecule is COC(=O)Nc1cc(C(C)(C)C)cc(NC(=O)Nc2ccc(Oc3ccnc(C(=O)N(C)C)c3)c3ccccc23)c1OC.COC(=O)Nc1cc(C(C)(C)C)cc(NC(=O)Nc2ccc(Oc3ccnc(C(=O)O)c3)c3ccccc23)c1OC. The Morgan fingerprint density at radius 1 is 0.452 bits per heavy atom. The molecule has 84 heavy (non-hydrogen) atoms. The van der Waals surface area contributed by atoms with Crippen LogP contribution in [0.4, 0.5) is 53.3 Å². The van der Waals surface area contributed by atoms with Gasteiger partial charge < -0.3 is 59.7 Å². The Bertz CT molecular complexity index is 3800. The van der Waals surface area contributed by atoms with Crippen LogP contribution in [0.5, 0.6) is 34.5 Å². The molecule has 6 aromatic carbocycles. The Morgan fingerprint density at radius 2 is 0.810 bits per heavy atom. The molecule has 7 N–H and O–H groups in total. The molecule has 2 aromatic heterocycles. The van der Waals surface area contributed by atoms with Gasteiger partial charge in [0.2, 0.25) is 0 Å². The van der Waals surface area contributed by atoms with Crippen molar-refractivity contribution in [3.05, 3.63) is 156 Å². The van der Waals surface area contributed by atoms with Gasteiger partial charge in [0.15, 0.2) is 17.2 Å². The maximum Gasteiger partial charge on any atom is 0.411 e. The number of rotatable bonds is 14. The van der Waals surface area contributed by atoms with Gasteiger partial charge in [0.25, 0.3) is 5.91 Å². The fraction of sp³-hybridized carbons (Fsp3) is 0.226. The number of carbonyl (C=O) groups is 6. The highest BCUT2D eigenvalue weighted by Crippen LogP contribution is 2.42. The Balaban J connectivity index is 0.000000241. The van der Waals surface area contributed by atoms with E-state index in [0.717, 1.165) is 21.9 Å². The van der Waals surface area contributed by atoms with Crippen molar-refractivity contribution in [3.8, 4) is 34.5 Å². The van der Waals surface area contributed by atoms with Crippen LogP contribution in [0.3, 0.4) is 0 Å². The number of carboxylic acid groups (broad SMARTS) is 1. The molecule has 0 saturated carbocycles. The Labute approximate surface area is 484 Å². The van der Waals surface area contributed by atoms with Crippen molar-refractivity contribution in [1.29, 1.82) is 0 Å². The number of benzene rings is 6. The van der Waals surface area contributed by atoms with Gasteiger partial charge in [-0.05, 0) is 82.6 Å². The fourth-order valence-corrected chi connectivity index (χ4v) is 8.41. The molecule has 0 bridgehead atoms. The van der Waals surface area contributed by atoms with Gasteiger partial charge in [-0.15, -0.1) is 0 Å². The van der Waals surface area contributed by atoms with E-state index in [1.807, 2.05) is 90.1 Å². The summed E-state index contributed by atoms with van der Waals surface area (Å²) >= 11 is 0. The number of nitrogens with zero attached hydrogens (tertiary/aromatic N) is 3. The summed E-state index contributed by atoms with van der Waals surface area (Å²) in [7, 11) is 8.72. The number of carboxylic acids is 1. The van der Waals surface area contributed by atoms with E-state index in [9.17, 15) is 33.9 Å². The molecule has 22 nitrogen and oxygen atoms in total. The quantitative estimate of drug-likeness (QED) is 0.0533.